The molecule has 1 heterocycles. The Bertz CT molecular complexity index is 672. The molecule has 0 amide bonds. The zero-order chi connectivity index (χ0) is 15.4. The van der Waals surface area contributed by atoms with E-state index >= 15 is 0 Å². The summed E-state index contributed by atoms with van der Waals surface area (Å²) in [4.78, 5) is 12.5. The highest BCUT2D eigenvalue weighted by Gasteiger charge is 2.14. The summed E-state index contributed by atoms with van der Waals surface area (Å²) in [5.41, 5.74) is 0.837. The molecule has 2 aromatic carbocycles. The van der Waals surface area contributed by atoms with Crippen LogP contribution < -0.4 is 9.47 Å². The van der Waals surface area contributed by atoms with E-state index in [0.717, 1.165) is 10.5 Å². The van der Waals surface area contributed by atoms with Crippen LogP contribution in [0.5, 0.6) is 11.5 Å². The highest BCUT2D eigenvalue weighted by atomic mass is 32.2. The largest absolute Gasteiger partial charge is 0.460 e. The van der Waals surface area contributed by atoms with Gasteiger partial charge in [-0.2, -0.15) is 0 Å². The van der Waals surface area contributed by atoms with Crippen molar-refractivity contribution in [2.75, 3.05) is 12.5 Å². The van der Waals surface area contributed by atoms with E-state index in [1.807, 2.05) is 6.07 Å². The molecular formula is C16H13FO4S. The molecule has 0 atom stereocenters. The monoisotopic (exact) mass is 320 g/mol. The highest BCUT2D eigenvalue weighted by molar-refractivity contribution is 8.00. The number of hydrogen-bond donors (Lipinski definition) is 0. The predicted molar refractivity (Wildman–Crippen MR) is 79.5 cm³/mol. The van der Waals surface area contributed by atoms with Gasteiger partial charge in [0.1, 0.15) is 12.4 Å². The number of carbonyl (C=O) groups excluding carboxylic acids is 1. The number of thioether (sulfide) groups is 1. The van der Waals surface area contributed by atoms with Gasteiger partial charge >= 0.3 is 5.97 Å². The minimum absolute atomic E-state index is 0.177. The average molecular weight is 320 g/mol. The number of carbonyl (C=O) groups is 1. The molecule has 22 heavy (non-hydrogen) atoms. The van der Waals surface area contributed by atoms with Crippen LogP contribution in [-0.4, -0.2) is 18.5 Å². The lowest BCUT2D eigenvalue weighted by atomic mass is 10.2. The molecule has 0 radical (unpaired) electrons. The predicted octanol–water partition coefficient (Wildman–Crippen LogP) is 3.39. The molecule has 0 aliphatic carbocycles. The number of ether oxygens (including phenoxy) is 3. The van der Waals surface area contributed by atoms with Crippen molar-refractivity contribution in [3.05, 3.63) is 53.8 Å². The molecule has 0 saturated carbocycles. The summed E-state index contributed by atoms with van der Waals surface area (Å²) < 4.78 is 28.5. The molecule has 1 aliphatic heterocycles. The van der Waals surface area contributed by atoms with Gasteiger partial charge in [-0.15, -0.1) is 11.8 Å². The summed E-state index contributed by atoms with van der Waals surface area (Å²) in [6.07, 6.45) is 0. The van der Waals surface area contributed by atoms with Crippen LogP contribution in [0.25, 0.3) is 0 Å². The van der Waals surface area contributed by atoms with Crippen LogP contribution in [-0.2, 0) is 16.1 Å². The van der Waals surface area contributed by atoms with E-state index in [4.69, 9.17) is 14.2 Å². The second-order valence-electron chi connectivity index (χ2n) is 4.59. The number of benzene rings is 2. The van der Waals surface area contributed by atoms with Gasteiger partial charge in [0.05, 0.1) is 5.75 Å². The maximum Gasteiger partial charge on any atom is 0.316 e. The fraction of sp³-hybridized carbons (Fsp3) is 0.188. The molecule has 4 nitrogen and oxygen atoms in total. The van der Waals surface area contributed by atoms with Crippen LogP contribution in [0, 0.1) is 5.82 Å². The lowest BCUT2D eigenvalue weighted by Gasteiger charge is -2.06. The topological polar surface area (TPSA) is 44.8 Å². The Morgan fingerprint density at radius 2 is 1.91 bits per heavy atom. The Kier molecular flexibility index (Phi) is 4.48. The van der Waals surface area contributed by atoms with Crippen molar-refractivity contribution in [3.63, 3.8) is 0 Å². The molecule has 114 valence electrons. The molecule has 1 aliphatic rings. The molecule has 0 saturated heterocycles. The zero-order valence-electron chi connectivity index (χ0n) is 11.6. The molecule has 0 unspecified atom stereocenters. The summed E-state index contributed by atoms with van der Waals surface area (Å²) in [6.45, 7) is 0.395. The number of hydrogen-bond acceptors (Lipinski definition) is 5. The Morgan fingerprint density at radius 3 is 2.73 bits per heavy atom. The smallest absolute Gasteiger partial charge is 0.316 e. The van der Waals surface area contributed by atoms with Gasteiger partial charge in [0.15, 0.2) is 11.5 Å². The maximum absolute atomic E-state index is 12.8. The third-order valence-corrected chi connectivity index (χ3v) is 3.99. The first-order valence-electron chi connectivity index (χ1n) is 6.63. The Hall–Kier alpha value is -2.21. The average Bonchev–Trinajstić information content (AvgIpc) is 3.00. The van der Waals surface area contributed by atoms with Crippen LogP contribution in [0.2, 0.25) is 0 Å². The van der Waals surface area contributed by atoms with Crippen LogP contribution in [0.4, 0.5) is 4.39 Å². The minimum atomic E-state index is -0.327. The molecule has 0 aromatic heterocycles. The molecule has 6 heteroatoms. The van der Waals surface area contributed by atoms with Gasteiger partial charge < -0.3 is 14.2 Å². The van der Waals surface area contributed by atoms with Crippen LogP contribution in [0.3, 0.4) is 0 Å². The Labute approximate surface area is 131 Å². The van der Waals surface area contributed by atoms with E-state index in [2.05, 4.69) is 0 Å². The van der Waals surface area contributed by atoms with E-state index in [1.165, 1.54) is 23.9 Å². The first kappa shape index (κ1) is 14.7. The fourth-order valence-corrected chi connectivity index (χ4v) is 2.61. The van der Waals surface area contributed by atoms with Crippen molar-refractivity contribution in [2.24, 2.45) is 0 Å². The number of fused-ring (bicyclic) bond motifs is 1. The van der Waals surface area contributed by atoms with Crippen LogP contribution in [0.15, 0.2) is 47.4 Å². The number of halogens is 1. The summed E-state index contributed by atoms with van der Waals surface area (Å²) in [5.74, 6) is 0.911. The van der Waals surface area contributed by atoms with Crippen LogP contribution >= 0.6 is 11.8 Å². The second kappa shape index (κ2) is 6.70. The van der Waals surface area contributed by atoms with Crippen LogP contribution in [0.1, 0.15) is 5.56 Å². The number of esters is 1. The summed E-state index contributed by atoms with van der Waals surface area (Å²) >= 11 is 1.31. The molecule has 0 fully saturated rings. The van der Waals surface area contributed by atoms with Gasteiger partial charge in [-0.1, -0.05) is 6.07 Å². The lowest BCUT2D eigenvalue weighted by molar-refractivity contribution is -0.141. The summed E-state index contributed by atoms with van der Waals surface area (Å²) in [5, 5.41) is 0. The normalized spacial score (nSPS) is 12.2. The van der Waals surface area contributed by atoms with Crippen molar-refractivity contribution in [3.8, 4) is 11.5 Å². The van der Waals surface area contributed by atoms with E-state index in [1.54, 1.807) is 24.3 Å². The van der Waals surface area contributed by atoms with Crippen molar-refractivity contribution in [1.82, 2.24) is 0 Å². The van der Waals surface area contributed by atoms with E-state index in [0.29, 0.717) is 11.5 Å². The molecule has 3 rings (SSSR count). The van der Waals surface area contributed by atoms with E-state index < -0.39 is 0 Å². The second-order valence-corrected chi connectivity index (χ2v) is 5.64. The molecule has 0 N–H and O–H groups in total. The van der Waals surface area contributed by atoms with Gasteiger partial charge in [-0.25, -0.2) is 4.39 Å². The number of rotatable bonds is 5. The summed E-state index contributed by atoms with van der Waals surface area (Å²) in [6, 6.07) is 11.4. The van der Waals surface area contributed by atoms with E-state index in [9.17, 15) is 9.18 Å². The van der Waals surface area contributed by atoms with Gasteiger partial charge in [-0.3, -0.25) is 4.79 Å². The molecular weight excluding hydrogens is 307 g/mol. The molecule has 0 bridgehead atoms. The van der Waals surface area contributed by atoms with Gasteiger partial charge in [0, 0.05) is 4.90 Å². The van der Waals surface area contributed by atoms with Crippen molar-refractivity contribution >= 4 is 17.7 Å². The van der Waals surface area contributed by atoms with Gasteiger partial charge in [0.25, 0.3) is 0 Å². The lowest BCUT2D eigenvalue weighted by Crippen LogP contribution is -2.07. The quantitative estimate of drug-likeness (QED) is 0.624. The highest BCUT2D eigenvalue weighted by Crippen LogP contribution is 2.32. The van der Waals surface area contributed by atoms with E-state index in [-0.39, 0.29) is 30.9 Å². The first-order chi connectivity index (χ1) is 10.7. The minimum Gasteiger partial charge on any atom is -0.460 e. The maximum atomic E-state index is 12.8. The Morgan fingerprint density at radius 1 is 1.14 bits per heavy atom. The first-order valence-corrected chi connectivity index (χ1v) is 7.62. The molecule has 2 aromatic rings. The fourth-order valence-electron chi connectivity index (χ4n) is 1.91. The van der Waals surface area contributed by atoms with Gasteiger partial charge in [-0.05, 0) is 42.0 Å². The SMILES string of the molecule is O=C(CSc1ccc(F)cc1)OCc1ccc2c(c1)OCO2. The summed E-state index contributed by atoms with van der Waals surface area (Å²) in [7, 11) is 0. The van der Waals surface area contributed by atoms with Gasteiger partial charge in [0.2, 0.25) is 6.79 Å². The zero-order valence-corrected chi connectivity index (χ0v) is 12.4. The third kappa shape index (κ3) is 3.71. The third-order valence-electron chi connectivity index (χ3n) is 3.01. The standard InChI is InChI=1S/C16H13FO4S/c17-12-2-4-13(5-3-12)22-9-16(18)19-8-11-1-6-14-15(7-11)21-10-20-14/h1-7H,8-10H2. The Balaban J connectivity index is 1.47. The van der Waals surface area contributed by atoms with Crippen molar-refractivity contribution in [2.45, 2.75) is 11.5 Å². The molecule has 0 spiro atoms. The van der Waals surface area contributed by atoms with Crippen molar-refractivity contribution < 1.29 is 23.4 Å². The van der Waals surface area contributed by atoms with Crippen molar-refractivity contribution in [1.29, 1.82) is 0 Å².